The van der Waals surface area contributed by atoms with E-state index in [0.717, 1.165) is 53.9 Å². The van der Waals surface area contributed by atoms with Gasteiger partial charge in [0.15, 0.2) is 0 Å². The Kier molecular flexibility index (Phi) is 6.88. The van der Waals surface area contributed by atoms with Crippen molar-refractivity contribution < 1.29 is 9.59 Å². The monoisotopic (exact) mass is 432 g/mol. The number of aromatic nitrogens is 2. The van der Waals surface area contributed by atoms with Crippen LogP contribution in [0.25, 0.3) is 11.0 Å². The Morgan fingerprint density at radius 3 is 2.50 bits per heavy atom. The third kappa shape index (κ3) is 5.01. The van der Waals surface area contributed by atoms with Gasteiger partial charge in [-0.15, -0.1) is 0 Å². The van der Waals surface area contributed by atoms with Gasteiger partial charge in [-0.05, 0) is 50.5 Å². The van der Waals surface area contributed by atoms with Crippen LogP contribution in [0.3, 0.4) is 0 Å². The molecule has 2 amide bonds. The molecule has 1 fully saturated rings. The van der Waals surface area contributed by atoms with Crippen molar-refractivity contribution in [3.63, 3.8) is 0 Å². The lowest BCUT2D eigenvalue weighted by Gasteiger charge is -2.21. The smallest absolute Gasteiger partial charge is 0.251 e. The van der Waals surface area contributed by atoms with Crippen molar-refractivity contribution in [2.24, 2.45) is 0 Å². The number of aryl methyl sites for hydroxylation is 2. The molecule has 3 aromatic rings. The van der Waals surface area contributed by atoms with Crippen molar-refractivity contribution >= 4 is 22.8 Å². The molecule has 168 valence electrons. The fraction of sp³-hybridized carbons (Fsp3) is 0.423. The lowest BCUT2D eigenvalue weighted by atomic mass is 10.1. The maximum atomic E-state index is 13.1. The predicted molar refractivity (Wildman–Crippen MR) is 127 cm³/mol. The minimum absolute atomic E-state index is 0.0780. The van der Waals surface area contributed by atoms with Crippen LogP contribution in [0.5, 0.6) is 0 Å². The summed E-state index contributed by atoms with van der Waals surface area (Å²) in [5.74, 6) is 0.900. The summed E-state index contributed by atoms with van der Waals surface area (Å²) < 4.78 is 2.02. The van der Waals surface area contributed by atoms with Crippen LogP contribution < -0.4 is 5.32 Å². The highest BCUT2D eigenvalue weighted by Crippen LogP contribution is 2.18. The number of rotatable bonds is 6. The van der Waals surface area contributed by atoms with E-state index in [0.29, 0.717) is 25.1 Å². The Hall–Kier alpha value is -3.15. The second kappa shape index (κ2) is 9.98. The summed E-state index contributed by atoms with van der Waals surface area (Å²) >= 11 is 0. The van der Waals surface area contributed by atoms with Gasteiger partial charge in [-0.2, -0.15) is 0 Å². The number of para-hydroxylation sites is 2. The standard InChI is InChI=1S/C26H32N4O2/c1-19-11-12-21(20(2)17-19)26(32)27-14-13-24-28-22-9-5-6-10-23(22)30(24)18-25(31)29-15-7-3-4-8-16-29/h5-6,9-12,17H,3-4,7-8,13-16,18H2,1-2H3,(H,27,32). The lowest BCUT2D eigenvalue weighted by Crippen LogP contribution is -2.35. The maximum Gasteiger partial charge on any atom is 0.251 e. The summed E-state index contributed by atoms with van der Waals surface area (Å²) in [7, 11) is 0. The van der Waals surface area contributed by atoms with Gasteiger partial charge in [0.25, 0.3) is 5.91 Å². The zero-order valence-corrected chi connectivity index (χ0v) is 19.1. The maximum absolute atomic E-state index is 13.1. The zero-order chi connectivity index (χ0) is 22.5. The van der Waals surface area contributed by atoms with Crippen LogP contribution in [0.2, 0.25) is 0 Å². The summed E-state index contributed by atoms with van der Waals surface area (Å²) in [4.78, 5) is 32.5. The summed E-state index contributed by atoms with van der Waals surface area (Å²) in [6.07, 6.45) is 5.12. The van der Waals surface area contributed by atoms with Crippen LogP contribution in [0.4, 0.5) is 0 Å². The number of imidazole rings is 1. The molecule has 1 aliphatic rings. The number of fused-ring (bicyclic) bond motifs is 1. The van der Waals surface area contributed by atoms with Crippen molar-refractivity contribution in [3.8, 4) is 0 Å². The third-order valence-electron chi connectivity index (χ3n) is 6.25. The first-order valence-corrected chi connectivity index (χ1v) is 11.6. The molecule has 32 heavy (non-hydrogen) atoms. The molecule has 2 aromatic carbocycles. The normalized spacial score (nSPS) is 14.4. The highest BCUT2D eigenvalue weighted by molar-refractivity contribution is 5.95. The fourth-order valence-corrected chi connectivity index (χ4v) is 4.50. The third-order valence-corrected chi connectivity index (χ3v) is 6.25. The fourth-order valence-electron chi connectivity index (χ4n) is 4.50. The molecule has 0 aliphatic carbocycles. The first-order chi connectivity index (χ1) is 15.5. The van der Waals surface area contributed by atoms with Crippen LogP contribution in [-0.4, -0.2) is 45.9 Å². The van der Waals surface area contributed by atoms with Crippen LogP contribution in [-0.2, 0) is 17.8 Å². The van der Waals surface area contributed by atoms with Gasteiger partial charge in [-0.1, -0.05) is 42.7 Å². The van der Waals surface area contributed by atoms with E-state index in [1.54, 1.807) is 0 Å². The van der Waals surface area contributed by atoms with E-state index in [2.05, 4.69) is 5.32 Å². The Morgan fingerprint density at radius 2 is 1.75 bits per heavy atom. The van der Waals surface area contributed by atoms with Crippen LogP contribution in [0.1, 0.15) is 53.0 Å². The van der Waals surface area contributed by atoms with E-state index in [1.807, 2.05) is 65.8 Å². The van der Waals surface area contributed by atoms with Gasteiger partial charge >= 0.3 is 0 Å². The van der Waals surface area contributed by atoms with Crippen LogP contribution >= 0.6 is 0 Å². The molecule has 1 aliphatic heterocycles. The molecule has 1 saturated heterocycles. The van der Waals surface area contributed by atoms with Gasteiger partial charge in [-0.25, -0.2) is 4.98 Å². The van der Waals surface area contributed by atoms with Crippen LogP contribution in [0, 0.1) is 13.8 Å². The van der Waals surface area contributed by atoms with Crippen molar-refractivity contribution in [1.82, 2.24) is 19.8 Å². The molecule has 2 heterocycles. The van der Waals surface area contributed by atoms with E-state index < -0.39 is 0 Å². The summed E-state index contributed by atoms with van der Waals surface area (Å²) in [6, 6.07) is 13.8. The summed E-state index contributed by atoms with van der Waals surface area (Å²) in [5.41, 5.74) is 4.65. The van der Waals surface area contributed by atoms with Gasteiger partial charge in [-0.3, -0.25) is 9.59 Å². The number of benzene rings is 2. The van der Waals surface area contributed by atoms with Gasteiger partial charge < -0.3 is 14.8 Å². The average molecular weight is 433 g/mol. The van der Waals surface area contributed by atoms with Gasteiger partial charge in [0.1, 0.15) is 12.4 Å². The molecular weight excluding hydrogens is 400 g/mol. The van der Waals surface area contributed by atoms with E-state index in [-0.39, 0.29) is 11.8 Å². The van der Waals surface area contributed by atoms with Crippen LogP contribution in [0.15, 0.2) is 42.5 Å². The first kappa shape index (κ1) is 22.1. The summed E-state index contributed by atoms with van der Waals surface area (Å²) in [6.45, 7) is 6.41. The second-order valence-electron chi connectivity index (χ2n) is 8.72. The molecule has 6 nitrogen and oxygen atoms in total. The molecule has 6 heteroatoms. The van der Waals surface area contributed by atoms with Gasteiger partial charge in [0.2, 0.25) is 5.91 Å². The zero-order valence-electron chi connectivity index (χ0n) is 19.1. The molecule has 0 radical (unpaired) electrons. The Balaban J connectivity index is 1.47. The SMILES string of the molecule is Cc1ccc(C(=O)NCCc2nc3ccccc3n2CC(=O)N2CCCCCC2)c(C)c1. The number of hydrogen-bond donors (Lipinski definition) is 1. The summed E-state index contributed by atoms with van der Waals surface area (Å²) in [5, 5.41) is 3.02. The van der Waals surface area contributed by atoms with Crippen molar-refractivity contribution in [1.29, 1.82) is 0 Å². The number of carbonyl (C=O) groups is 2. The largest absolute Gasteiger partial charge is 0.352 e. The minimum atomic E-state index is -0.0780. The predicted octanol–water partition coefficient (Wildman–Crippen LogP) is 4.03. The molecule has 0 spiro atoms. The van der Waals surface area contributed by atoms with E-state index in [4.69, 9.17) is 4.98 Å². The topological polar surface area (TPSA) is 67.2 Å². The van der Waals surface area contributed by atoms with Gasteiger partial charge in [0.05, 0.1) is 11.0 Å². The lowest BCUT2D eigenvalue weighted by molar-refractivity contribution is -0.131. The highest BCUT2D eigenvalue weighted by atomic mass is 16.2. The minimum Gasteiger partial charge on any atom is -0.352 e. The molecule has 1 aromatic heterocycles. The Morgan fingerprint density at radius 1 is 1.00 bits per heavy atom. The van der Waals surface area contributed by atoms with E-state index >= 15 is 0 Å². The quantitative estimate of drug-likeness (QED) is 0.640. The van der Waals surface area contributed by atoms with E-state index in [1.165, 1.54) is 12.8 Å². The molecule has 0 saturated carbocycles. The molecule has 0 atom stereocenters. The number of amides is 2. The van der Waals surface area contributed by atoms with Gasteiger partial charge in [0, 0.05) is 31.6 Å². The Bertz CT molecular complexity index is 1110. The van der Waals surface area contributed by atoms with E-state index in [9.17, 15) is 9.59 Å². The number of nitrogens with one attached hydrogen (secondary N) is 1. The van der Waals surface area contributed by atoms with Crippen molar-refractivity contribution in [3.05, 3.63) is 65.0 Å². The number of carbonyl (C=O) groups excluding carboxylic acids is 2. The van der Waals surface area contributed by atoms with Crippen molar-refractivity contribution in [2.45, 2.75) is 52.5 Å². The average Bonchev–Trinajstić information content (AvgIpc) is 2.93. The number of nitrogens with zero attached hydrogens (tertiary/aromatic N) is 3. The first-order valence-electron chi connectivity index (χ1n) is 11.6. The number of hydrogen-bond acceptors (Lipinski definition) is 3. The highest BCUT2D eigenvalue weighted by Gasteiger charge is 2.19. The molecule has 4 rings (SSSR count). The molecule has 0 unspecified atom stereocenters. The molecule has 0 bridgehead atoms. The second-order valence-corrected chi connectivity index (χ2v) is 8.72. The number of likely N-dealkylation sites (tertiary alicyclic amines) is 1. The Labute approximate surface area is 189 Å². The molecular formula is C26H32N4O2. The van der Waals surface area contributed by atoms with Crippen molar-refractivity contribution in [2.75, 3.05) is 19.6 Å². The molecule has 1 N–H and O–H groups in total.